The smallest absolute Gasteiger partial charge is 0.223 e. The molecule has 0 aromatic heterocycles. The Morgan fingerprint density at radius 2 is 1.90 bits per heavy atom. The summed E-state index contributed by atoms with van der Waals surface area (Å²) in [6, 6.07) is 8.74. The first-order chi connectivity index (χ1) is 10.1. The van der Waals surface area contributed by atoms with E-state index in [2.05, 4.69) is 17.4 Å². The third kappa shape index (κ3) is 3.97. The van der Waals surface area contributed by atoms with E-state index in [9.17, 15) is 4.79 Å². The summed E-state index contributed by atoms with van der Waals surface area (Å²) in [4.78, 5) is 12.4. The van der Waals surface area contributed by atoms with Gasteiger partial charge in [-0.15, -0.1) is 0 Å². The fourth-order valence-electron chi connectivity index (χ4n) is 2.81. The molecule has 1 unspecified atom stereocenters. The van der Waals surface area contributed by atoms with E-state index in [0.717, 1.165) is 31.2 Å². The van der Waals surface area contributed by atoms with Gasteiger partial charge in [-0.05, 0) is 37.2 Å². The van der Waals surface area contributed by atoms with Crippen LogP contribution in [0.2, 0.25) is 0 Å². The number of carbonyl (C=O) groups is 1. The van der Waals surface area contributed by atoms with Gasteiger partial charge in [-0.25, -0.2) is 0 Å². The van der Waals surface area contributed by atoms with Gasteiger partial charge in [0.1, 0.15) is 6.04 Å². The molecule has 4 N–H and O–H groups in total. The number of amidine groups is 1. The van der Waals surface area contributed by atoms with Crippen molar-refractivity contribution in [2.75, 3.05) is 0 Å². The highest BCUT2D eigenvalue weighted by Crippen LogP contribution is 2.29. The molecule has 114 valence electrons. The zero-order valence-electron chi connectivity index (χ0n) is 12.3. The fourth-order valence-corrected chi connectivity index (χ4v) is 2.81. The first kappa shape index (κ1) is 15.4. The summed E-state index contributed by atoms with van der Waals surface area (Å²) in [5.74, 6) is 0.711. The van der Waals surface area contributed by atoms with Gasteiger partial charge < -0.3 is 16.3 Å². The Balaban J connectivity index is 2.07. The van der Waals surface area contributed by atoms with Gasteiger partial charge in [-0.3, -0.25) is 4.79 Å². The molecule has 1 saturated carbocycles. The molecule has 0 saturated heterocycles. The molecule has 0 spiro atoms. The van der Waals surface area contributed by atoms with Crippen LogP contribution in [0.15, 0.2) is 35.5 Å². The van der Waals surface area contributed by atoms with Gasteiger partial charge >= 0.3 is 0 Å². The molecule has 1 aliphatic rings. The Morgan fingerprint density at radius 3 is 2.48 bits per heavy atom. The second-order valence-corrected chi connectivity index (χ2v) is 5.83. The second kappa shape index (κ2) is 7.11. The lowest BCUT2D eigenvalue weighted by Crippen LogP contribution is -2.41. The monoisotopic (exact) mass is 289 g/mol. The molecule has 1 fully saturated rings. The third-order valence-electron chi connectivity index (χ3n) is 4.22. The Bertz CT molecular complexity index is 494. The molecule has 1 atom stereocenters. The summed E-state index contributed by atoms with van der Waals surface area (Å²) < 4.78 is 0. The van der Waals surface area contributed by atoms with E-state index in [1.165, 1.54) is 0 Å². The largest absolute Gasteiger partial charge is 0.409 e. The molecule has 5 heteroatoms. The molecule has 5 nitrogen and oxygen atoms in total. The van der Waals surface area contributed by atoms with Crippen LogP contribution in [0, 0.1) is 11.8 Å². The minimum atomic E-state index is -0.581. The van der Waals surface area contributed by atoms with Crippen LogP contribution in [0.5, 0.6) is 0 Å². The SMILES string of the molecule is CC1CCC(C(=O)NC(/C(N)=N/O)c2ccccc2)CC1. The normalized spacial score (nSPS) is 24.3. The Hall–Kier alpha value is -2.04. The predicted octanol–water partition coefficient (Wildman–Crippen LogP) is 2.42. The number of hydrogen-bond acceptors (Lipinski definition) is 3. The van der Waals surface area contributed by atoms with Crippen molar-refractivity contribution in [3.63, 3.8) is 0 Å². The molecular weight excluding hydrogens is 266 g/mol. The van der Waals surface area contributed by atoms with Crippen molar-refractivity contribution in [2.24, 2.45) is 22.7 Å². The van der Waals surface area contributed by atoms with Crippen LogP contribution in [0.4, 0.5) is 0 Å². The molecule has 1 aliphatic carbocycles. The van der Waals surface area contributed by atoms with Crippen LogP contribution in [-0.2, 0) is 4.79 Å². The number of amides is 1. The van der Waals surface area contributed by atoms with Gasteiger partial charge in [0.05, 0.1) is 0 Å². The van der Waals surface area contributed by atoms with Crippen LogP contribution in [0.1, 0.15) is 44.2 Å². The number of nitrogens with zero attached hydrogens (tertiary/aromatic N) is 1. The minimum Gasteiger partial charge on any atom is -0.409 e. The van der Waals surface area contributed by atoms with Gasteiger partial charge in [0.15, 0.2) is 5.84 Å². The van der Waals surface area contributed by atoms with Crippen molar-refractivity contribution in [1.29, 1.82) is 0 Å². The van der Waals surface area contributed by atoms with E-state index in [4.69, 9.17) is 10.9 Å². The number of nitrogens with one attached hydrogen (secondary N) is 1. The van der Waals surface area contributed by atoms with Crippen molar-refractivity contribution in [3.05, 3.63) is 35.9 Å². The maximum Gasteiger partial charge on any atom is 0.223 e. The second-order valence-electron chi connectivity index (χ2n) is 5.83. The number of benzene rings is 1. The maximum atomic E-state index is 12.4. The third-order valence-corrected chi connectivity index (χ3v) is 4.22. The first-order valence-electron chi connectivity index (χ1n) is 7.44. The average molecular weight is 289 g/mol. The summed E-state index contributed by atoms with van der Waals surface area (Å²) in [5.41, 5.74) is 6.54. The number of nitrogens with two attached hydrogens (primary N) is 1. The highest BCUT2D eigenvalue weighted by Gasteiger charge is 2.27. The van der Waals surface area contributed by atoms with E-state index >= 15 is 0 Å². The van der Waals surface area contributed by atoms with Gasteiger partial charge in [0, 0.05) is 5.92 Å². The standard InChI is InChI=1S/C16H23N3O2/c1-11-7-9-13(10-8-11)16(20)18-14(15(17)19-21)12-5-3-2-4-6-12/h2-6,11,13-14,21H,7-10H2,1H3,(H2,17,19)(H,18,20). The van der Waals surface area contributed by atoms with Crippen molar-refractivity contribution in [2.45, 2.75) is 38.6 Å². The quantitative estimate of drug-likeness (QED) is 0.344. The summed E-state index contributed by atoms with van der Waals surface area (Å²) in [6.07, 6.45) is 3.98. The zero-order chi connectivity index (χ0) is 15.2. The van der Waals surface area contributed by atoms with Gasteiger partial charge in [0.25, 0.3) is 0 Å². The van der Waals surface area contributed by atoms with Gasteiger partial charge in [-0.1, -0.05) is 42.4 Å². The zero-order valence-corrected chi connectivity index (χ0v) is 12.3. The van der Waals surface area contributed by atoms with E-state index in [-0.39, 0.29) is 17.7 Å². The van der Waals surface area contributed by atoms with Crippen LogP contribution >= 0.6 is 0 Å². The van der Waals surface area contributed by atoms with Crippen LogP contribution in [0.3, 0.4) is 0 Å². The summed E-state index contributed by atoms with van der Waals surface area (Å²) in [6.45, 7) is 2.22. The molecule has 1 aromatic carbocycles. The molecule has 1 aromatic rings. The minimum absolute atomic E-state index is 0.00118. The number of rotatable bonds is 4. The van der Waals surface area contributed by atoms with Crippen molar-refractivity contribution in [1.82, 2.24) is 5.32 Å². The highest BCUT2D eigenvalue weighted by molar-refractivity contribution is 5.91. The first-order valence-corrected chi connectivity index (χ1v) is 7.44. The van der Waals surface area contributed by atoms with Crippen LogP contribution in [0.25, 0.3) is 0 Å². The Labute approximate surface area is 125 Å². The maximum absolute atomic E-state index is 12.4. The molecule has 0 heterocycles. The molecule has 0 aliphatic heterocycles. The predicted molar refractivity (Wildman–Crippen MR) is 81.9 cm³/mol. The molecule has 21 heavy (non-hydrogen) atoms. The van der Waals surface area contributed by atoms with E-state index in [0.29, 0.717) is 5.92 Å². The lowest BCUT2D eigenvalue weighted by molar-refractivity contribution is -0.126. The van der Waals surface area contributed by atoms with E-state index < -0.39 is 6.04 Å². The average Bonchev–Trinajstić information content (AvgIpc) is 2.53. The van der Waals surface area contributed by atoms with Gasteiger partial charge in [0.2, 0.25) is 5.91 Å². The van der Waals surface area contributed by atoms with E-state index in [1.807, 2.05) is 30.3 Å². The Kier molecular flexibility index (Phi) is 5.20. The van der Waals surface area contributed by atoms with Crippen LogP contribution < -0.4 is 11.1 Å². The number of carbonyl (C=O) groups excluding carboxylic acids is 1. The molecule has 0 radical (unpaired) electrons. The van der Waals surface area contributed by atoms with Crippen molar-refractivity contribution < 1.29 is 10.0 Å². The molecule has 2 rings (SSSR count). The van der Waals surface area contributed by atoms with Crippen LogP contribution in [-0.4, -0.2) is 17.0 Å². The van der Waals surface area contributed by atoms with Crippen molar-refractivity contribution >= 4 is 11.7 Å². The molecular formula is C16H23N3O2. The molecule has 1 amide bonds. The number of hydrogen-bond donors (Lipinski definition) is 3. The Morgan fingerprint density at radius 1 is 1.29 bits per heavy atom. The highest BCUT2D eigenvalue weighted by atomic mass is 16.4. The lowest BCUT2D eigenvalue weighted by Gasteiger charge is -2.27. The van der Waals surface area contributed by atoms with Crippen molar-refractivity contribution in [3.8, 4) is 0 Å². The summed E-state index contributed by atoms with van der Waals surface area (Å²) >= 11 is 0. The van der Waals surface area contributed by atoms with E-state index in [1.54, 1.807) is 0 Å². The summed E-state index contributed by atoms with van der Waals surface area (Å²) in [7, 11) is 0. The fraction of sp³-hybridized carbons (Fsp3) is 0.500. The summed E-state index contributed by atoms with van der Waals surface area (Å²) in [5, 5.41) is 14.9. The number of oxime groups is 1. The lowest BCUT2D eigenvalue weighted by atomic mass is 9.82. The van der Waals surface area contributed by atoms with Gasteiger partial charge in [-0.2, -0.15) is 0 Å². The topological polar surface area (TPSA) is 87.7 Å². The molecule has 0 bridgehead atoms.